The van der Waals surface area contributed by atoms with Crippen molar-refractivity contribution in [3.8, 4) is 5.75 Å². The van der Waals surface area contributed by atoms with Crippen molar-refractivity contribution < 1.29 is 9.53 Å². The van der Waals surface area contributed by atoms with Gasteiger partial charge in [0, 0.05) is 12.0 Å². The Labute approximate surface area is 102 Å². The number of hydrogen-bond acceptors (Lipinski definition) is 3. The lowest BCUT2D eigenvalue weighted by Crippen LogP contribution is -2.42. The molecule has 0 aromatic heterocycles. The van der Waals surface area contributed by atoms with E-state index in [2.05, 4.69) is 5.32 Å². The second-order valence-corrected chi connectivity index (χ2v) is 4.79. The second-order valence-electron chi connectivity index (χ2n) is 4.79. The van der Waals surface area contributed by atoms with Crippen LogP contribution in [0.5, 0.6) is 5.75 Å². The van der Waals surface area contributed by atoms with Crippen LogP contribution in [-0.4, -0.2) is 26.5 Å². The Bertz CT molecular complexity index is 366. The maximum absolute atomic E-state index is 11.3. The summed E-state index contributed by atoms with van der Waals surface area (Å²) in [6.07, 6.45) is 4.00. The summed E-state index contributed by atoms with van der Waals surface area (Å²) in [5.41, 5.74) is 0.980. The normalized spacial score (nSPS) is 24.3. The number of carbonyl (C=O) groups is 1. The Morgan fingerprint density at radius 1 is 1.41 bits per heavy atom. The predicted octanol–water partition coefficient (Wildman–Crippen LogP) is 1.81. The maximum Gasteiger partial charge on any atom is 0.127 e. The highest BCUT2D eigenvalue weighted by atomic mass is 16.5. The summed E-state index contributed by atoms with van der Waals surface area (Å²) in [5, 5.41) is 3.31. The third-order valence-corrected chi connectivity index (χ3v) is 3.47. The fourth-order valence-electron chi connectivity index (χ4n) is 2.43. The molecule has 2 rings (SSSR count). The van der Waals surface area contributed by atoms with E-state index in [0.717, 1.165) is 44.4 Å². The van der Waals surface area contributed by atoms with Crippen LogP contribution >= 0.6 is 0 Å². The SMILES string of the molecule is COc1ccc(CC2(C=O)CCCNC2)cc1. The molecule has 1 unspecified atom stereocenters. The Kier molecular flexibility index (Phi) is 3.79. The lowest BCUT2D eigenvalue weighted by atomic mass is 9.77. The van der Waals surface area contributed by atoms with Gasteiger partial charge in [0.2, 0.25) is 0 Å². The predicted molar refractivity (Wildman–Crippen MR) is 67.3 cm³/mol. The molecule has 1 saturated heterocycles. The van der Waals surface area contributed by atoms with Crippen LogP contribution in [0.25, 0.3) is 0 Å². The van der Waals surface area contributed by atoms with Crippen LogP contribution in [0.1, 0.15) is 18.4 Å². The monoisotopic (exact) mass is 233 g/mol. The van der Waals surface area contributed by atoms with Gasteiger partial charge in [-0.2, -0.15) is 0 Å². The van der Waals surface area contributed by atoms with Crippen molar-refractivity contribution in [2.45, 2.75) is 19.3 Å². The third kappa shape index (κ3) is 2.86. The minimum absolute atomic E-state index is 0.215. The average Bonchev–Trinajstić information content (AvgIpc) is 2.41. The van der Waals surface area contributed by atoms with Crippen molar-refractivity contribution in [3.63, 3.8) is 0 Å². The van der Waals surface area contributed by atoms with Gasteiger partial charge in [-0.25, -0.2) is 0 Å². The third-order valence-electron chi connectivity index (χ3n) is 3.47. The first-order valence-electron chi connectivity index (χ1n) is 6.08. The number of methoxy groups -OCH3 is 1. The van der Waals surface area contributed by atoms with Crippen LogP contribution in [0.15, 0.2) is 24.3 Å². The molecule has 1 fully saturated rings. The van der Waals surface area contributed by atoms with Gasteiger partial charge in [-0.05, 0) is 43.5 Å². The van der Waals surface area contributed by atoms with E-state index in [1.165, 1.54) is 5.56 Å². The van der Waals surface area contributed by atoms with Crippen molar-refractivity contribution in [1.29, 1.82) is 0 Å². The molecule has 0 radical (unpaired) electrons. The molecule has 1 atom stereocenters. The summed E-state index contributed by atoms with van der Waals surface area (Å²) in [6, 6.07) is 7.98. The van der Waals surface area contributed by atoms with Crippen molar-refractivity contribution in [1.82, 2.24) is 5.32 Å². The van der Waals surface area contributed by atoms with Crippen LogP contribution in [0, 0.1) is 5.41 Å². The van der Waals surface area contributed by atoms with E-state index in [1.54, 1.807) is 7.11 Å². The van der Waals surface area contributed by atoms with Crippen LogP contribution < -0.4 is 10.1 Å². The Morgan fingerprint density at radius 3 is 2.71 bits per heavy atom. The van der Waals surface area contributed by atoms with Crippen molar-refractivity contribution in [2.24, 2.45) is 5.41 Å². The zero-order chi connectivity index (χ0) is 12.1. The molecule has 0 saturated carbocycles. The summed E-state index contributed by atoms with van der Waals surface area (Å²) in [4.78, 5) is 11.3. The highest BCUT2D eigenvalue weighted by Crippen LogP contribution is 2.28. The number of rotatable bonds is 4. The van der Waals surface area contributed by atoms with Gasteiger partial charge >= 0.3 is 0 Å². The van der Waals surface area contributed by atoms with Crippen LogP contribution in [-0.2, 0) is 11.2 Å². The Morgan fingerprint density at radius 2 is 2.18 bits per heavy atom. The molecule has 3 nitrogen and oxygen atoms in total. The first-order chi connectivity index (χ1) is 8.28. The van der Waals surface area contributed by atoms with Crippen molar-refractivity contribution in [3.05, 3.63) is 29.8 Å². The average molecular weight is 233 g/mol. The lowest BCUT2D eigenvalue weighted by molar-refractivity contribution is -0.117. The first-order valence-corrected chi connectivity index (χ1v) is 6.08. The molecule has 1 aromatic rings. The van der Waals surface area contributed by atoms with Gasteiger partial charge in [0.1, 0.15) is 12.0 Å². The van der Waals surface area contributed by atoms with E-state index < -0.39 is 0 Å². The van der Waals surface area contributed by atoms with Crippen molar-refractivity contribution in [2.75, 3.05) is 20.2 Å². The van der Waals surface area contributed by atoms with Gasteiger partial charge < -0.3 is 14.8 Å². The highest BCUT2D eigenvalue weighted by molar-refractivity contribution is 5.61. The fraction of sp³-hybridized carbons (Fsp3) is 0.500. The quantitative estimate of drug-likeness (QED) is 0.806. The molecular formula is C14H19NO2. The van der Waals surface area contributed by atoms with Gasteiger partial charge in [0.05, 0.1) is 7.11 Å². The molecule has 1 N–H and O–H groups in total. The van der Waals surface area contributed by atoms with E-state index in [9.17, 15) is 4.79 Å². The van der Waals surface area contributed by atoms with Crippen molar-refractivity contribution >= 4 is 6.29 Å². The molecule has 1 aliphatic heterocycles. The van der Waals surface area contributed by atoms with Gasteiger partial charge in [-0.1, -0.05) is 12.1 Å². The largest absolute Gasteiger partial charge is 0.497 e. The van der Waals surface area contributed by atoms with Crippen LogP contribution in [0.2, 0.25) is 0 Å². The van der Waals surface area contributed by atoms with E-state index in [4.69, 9.17) is 4.74 Å². The minimum atomic E-state index is -0.215. The molecule has 1 heterocycles. The number of benzene rings is 1. The van der Waals surface area contributed by atoms with Gasteiger partial charge in [0.15, 0.2) is 0 Å². The topological polar surface area (TPSA) is 38.3 Å². The summed E-state index contributed by atoms with van der Waals surface area (Å²) < 4.78 is 5.13. The van der Waals surface area contributed by atoms with E-state index in [1.807, 2.05) is 24.3 Å². The summed E-state index contributed by atoms with van der Waals surface area (Å²) in [6.45, 7) is 1.82. The zero-order valence-electron chi connectivity index (χ0n) is 10.2. The lowest BCUT2D eigenvalue weighted by Gasteiger charge is -2.32. The second kappa shape index (κ2) is 5.32. The van der Waals surface area contributed by atoms with E-state index in [0.29, 0.717) is 0 Å². The van der Waals surface area contributed by atoms with Gasteiger partial charge in [-0.3, -0.25) is 0 Å². The number of hydrogen-bond donors (Lipinski definition) is 1. The van der Waals surface area contributed by atoms with E-state index >= 15 is 0 Å². The molecule has 92 valence electrons. The molecule has 1 aromatic carbocycles. The maximum atomic E-state index is 11.3. The molecule has 3 heteroatoms. The Hall–Kier alpha value is -1.35. The smallest absolute Gasteiger partial charge is 0.127 e. The molecule has 0 bridgehead atoms. The molecule has 1 aliphatic rings. The Balaban J connectivity index is 2.09. The molecule has 0 aliphatic carbocycles. The summed E-state index contributed by atoms with van der Waals surface area (Å²) in [5.74, 6) is 0.857. The number of ether oxygens (including phenoxy) is 1. The summed E-state index contributed by atoms with van der Waals surface area (Å²) in [7, 11) is 1.66. The summed E-state index contributed by atoms with van der Waals surface area (Å²) >= 11 is 0. The molecular weight excluding hydrogens is 214 g/mol. The molecule has 17 heavy (non-hydrogen) atoms. The van der Waals surface area contributed by atoms with Gasteiger partial charge in [0.25, 0.3) is 0 Å². The minimum Gasteiger partial charge on any atom is -0.497 e. The number of nitrogens with one attached hydrogen (secondary N) is 1. The van der Waals surface area contributed by atoms with Crippen LogP contribution in [0.4, 0.5) is 0 Å². The molecule has 0 amide bonds. The number of carbonyl (C=O) groups excluding carboxylic acids is 1. The first kappa shape index (κ1) is 12.1. The number of piperidine rings is 1. The van der Waals surface area contributed by atoms with Gasteiger partial charge in [-0.15, -0.1) is 0 Å². The standard InChI is InChI=1S/C14H19NO2/c1-17-13-5-3-12(4-6-13)9-14(11-16)7-2-8-15-10-14/h3-6,11,15H,2,7-10H2,1H3. The fourth-order valence-corrected chi connectivity index (χ4v) is 2.43. The zero-order valence-corrected chi connectivity index (χ0v) is 10.2. The highest BCUT2D eigenvalue weighted by Gasteiger charge is 2.31. The number of aldehydes is 1. The van der Waals surface area contributed by atoms with E-state index in [-0.39, 0.29) is 5.41 Å². The molecule has 0 spiro atoms. The van der Waals surface area contributed by atoms with Crippen LogP contribution in [0.3, 0.4) is 0 Å².